The minimum atomic E-state index is -4.39. The second-order valence-electron chi connectivity index (χ2n) is 5.48. The molecule has 0 spiro atoms. The van der Waals surface area contributed by atoms with Gasteiger partial charge in [0.2, 0.25) is 0 Å². The van der Waals surface area contributed by atoms with Crippen molar-refractivity contribution in [3.8, 4) is 5.75 Å². The number of methoxy groups -OCH3 is 1. The lowest BCUT2D eigenvalue weighted by Crippen LogP contribution is -2.38. The number of guanidine groups is 1. The summed E-state index contributed by atoms with van der Waals surface area (Å²) in [6, 6.07) is 11.1. The van der Waals surface area contributed by atoms with E-state index in [1.54, 1.807) is 12.0 Å². The molecule has 24 heavy (non-hydrogen) atoms. The van der Waals surface area contributed by atoms with Crippen molar-refractivity contribution in [3.63, 3.8) is 0 Å². The van der Waals surface area contributed by atoms with E-state index in [1.807, 2.05) is 24.3 Å². The van der Waals surface area contributed by atoms with Gasteiger partial charge in [0.1, 0.15) is 5.75 Å². The molecule has 7 heteroatoms. The van der Waals surface area contributed by atoms with Gasteiger partial charge in [-0.25, -0.2) is 4.99 Å². The van der Waals surface area contributed by atoms with Crippen LogP contribution in [0.25, 0.3) is 0 Å². The standard InChI is InChI=1S/C17H16F3N3O/c1-24-15-5-3-2-4-12(15)10-23-9-11-6-7-13(17(18,19)20)8-14(11)22-16(23)21/h2-8H,9-10H2,1H3,(H2,21,22). The largest absolute Gasteiger partial charge is 0.496 e. The van der Waals surface area contributed by atoms with E-state index in [0.29, 0.717) is 18.7 Å². The van der Waals surface area contributed by atoms with Crippen LogP contribution >= 0.6 is 0 Å². The van der Waals surface area contributed by atoms with E-state index in [2.05, 4.69) is 4.99 Å². The third kappa shape index (κ3) is 3.15. The highest BCUT2D eigenvalue weighted by Crippen LogP contribution is 2.35. The second kappa shape index (κ2) is 6.07. The third-order valence-electron chi connectivity index (χ3n) is 3.89. The van der Waals surface area contributed by atoms with Gasteiger partial charge in [0.25, 0.3) is 0 Å². The maximum atomic E-state index is 12.8. The number of aliphatic imine (C=N–C) groups is 1. The number of fused-ring (bicyclic) bond motifs is 1. The van der Waals surface area contributed by atoms with Crippen molar-refractivity contribution in [1.29, 1.82) is 0 Å². The average Bonchev–Trinajstić information content (AvgIpc) is 2.54. The van der Waals surface area contributed by atoms with E-state index >= 15 is 0 Å². The molecule has 1 aliphatic rings. The van der Waals surface area contributed by atoms with Crippen molar-refractivity contribution >= 4 is 11.6 Å². The number of nitrogens with zero attached hydrogens (tertiary/aromatic N) is 2. The summed E-state index contributed by atoms with van der Waals surface area (Å²) in [5.41, 5.74) is 7.11. The molecule has 2 aromatic carbocycles. The molecule has 0 bridgehead atoms. The number of alkyl halides is 3. The molecule has 0 fully saturated rings. The number of ether oxygens (including phenoxy) is 1. The fourth-order valence-corrected chi connectivity index (χ4v) is 2.63. The first kappa shape index (κ1) is 16.2. The summed E-state index contributed by atoms with van der Waals surface area (Å²) in [6.07, 6.45) is -4.39. The topological polar surface area (TPSA) is 50.8 Å². The minimum Gasteiger partial charge on any atom is -0.496 e. The highest BCUT2D eigenvalue weighted by molar-refractivity contribution is 5.83. The van der Waals surface area contributed by atoms with Gasteiger partial charge in [-0.15, -0.1) is 0 Å². The predicted molar refractivity (Wildman–Crippen MR) is 85.0 cm³/mol. The van der Waals surface area contributed by atoms with Crippen LogP contribution in [-0.4, -0.2) is 18.0 Å². The van der Waals surface area contributed by atoms with Crippen LogP contribution in [-0.2, 0) is 19.3 Å². The molecule has 2 N–H and O–H groups in total. The minimum absolute atomic E-state index is 0.188. The number of hydrogen-bond donors (Lipinski definition) is 1. The zero-order valence-corrected chi connectivity index (χ0v) is 13.0. The zero-order chi connectivity index (χ0) is 17.3. The molecule has 2 aromatic rings. The smallest absolute Gasteiger partial charge is 0.416 e. The van der Waals surface area contributed by atoms with Crippen LogP contribution in [0.15, 0.2) is 47.5 Å². The first-order valence-electron chi connectivity index (χ1n) is 7.29. The van der Waals surface area contributed by atoms with Gasteiger partial charge in [-0.3, -0.25) is 0 Å². The van der Waals surface area contributed by atoms with Gasteiger partial charge >= 0.3 is 6.18 Å². The van der Waals surface area contributed by atoms with E-state index < -0.39 is 11.7 Å². The third-order valence-corrected chi connectivity index (χ3v) is 3.89. The highest BCUT2D eigenvalue weighted by Gasteiger charge is 2.32. The second-order valence-corrected chi connectivity index (χ2v) is 5.48. The van der Waals surface area contributed by atoms with Crippen LogP contribution in [0.3, 0.4) is 0 Å². The van der Waals surface area contributed by atoms with Gasteiger partial charge in [-0.05, 0) is 23.8 Å². The predicted octanol–water partition coefficient (Wildman–Crippen LogP) is 3.68. The van der Waals surface area contributed by atoms with E-state index in [4.69, 9.17) is 10.5 Å². The lowest BCUT2D eigenvalue weighted by molar-refractivity contribution is -0.137. The van der Waals surface area contributed by atoms with Gasteiger partial charge in [0.05, 0.1) is 18.4 Å². The summed E-state index contributed by atoms with van der Waals surface area (Å²) >= 11 is 0. The molecule has 0 aliphatic carbocycles. The first-order chi connectivity index (χ1) is 11.4. The average molecular weight is 335 g/mol. The van der Waals surface area contributed by atoms with Crippen LogP contribution in [0.4, 0.5) is 18.9 Å². The van der Waals surface area contributed by atoms with Crippen molar-refractivity contribution in [1.82, 2.24) is 4.90 Å². The fraction of sp³-hybridized carbons (Fsp3) is 0.235. The lowest BCUT2D eigenvalue weighted by atomic mass is 10.1. The number of rotatable bonds is 3. The van der Waals surface area contributed by atoms with E-state index in [0.717, 1.165) is 23.4 Å². The van der Waals surface area contributed by atoms with Crippen molar-refractivity contribution in [2.75, 3.05) is 7.11 Å². The molecule has 0 aromatic heterocycles. The molecule has 3 rings (SSSR count). The molecule has 0 saturated heterocycles. The zero-order valence-electron chi connectivity index (χ0n) is 13.0. The molecule has 4 nitrogen and oxygen atoms in total. The number of benzene rings is 2. The monoisotopic (exact) mass is 335 g/mol. The normalized spacial score (nSPS) is 14.2. The van der Waals surface area contributed by atoms with Gasteiger partial charge < -0.3 is 15.4 Å². The first-order valence-corrected chi connectivity index (χ1v) is 7.29. The van der Waals surface area contributed by atoms with Crippen molar-refractivity contribution < 1.29 is 17.9 Å². The Bertz CT molecular complexity index is 787. The molecule has 0 atom stereocenters. The van der Waals surface area contributed by atoms with Crippen molar-refractivity contribution in [2.24, 2.45) is 10.7 Å². The lowest BCUT2D eigenvalue weighted by Gasteiger charge is -2.29. The Morgan fingerprint density at radius 2 is 1.96 bits per heavy atom. The van der Waals surface area contributed by atoms with Crippen LogP contribution in [0.5, 0.6) is 5.75 Å². The quantitative estimate of drug-likeness (QED) is 0.931. The summed E-state index contributed by atoms with van der Waals surface area (Å²) in [5, 5.41) is 0. The van der Waals surface area contributed by atoms with Crippen LogP contribution in [0.1, 0.15) is 16.7 Å². The molecule has 0 saturated carbocycles. The van der Waals surface area contributed by atoms with Crippen molar-refractivity contribution in [2.45, 2.75) is 19.3 Å². The summed E-state index contributed by atoms with van der Waals surface area (Å²) in [7, 11) is 1.58. The number of halogens is 3. The molecule has 0 unspecified atom stereocenters. The van der Waals surface area contributed by atoms with E-state index in [9.17, 15) is 13.2 Å². The summed E-state index contributed by atoms with van der Waals surface area (Å²) in [4.78, 5) is 5.93. The van der Waals surface area contributed by atoms with E-state index in [-0.39, 0.29) is 11.6 Å². The fourth-order valence-electron chi connectivity index (χ4n) is 2.63. The van der Waals surface area contributed by atoms with E-state index in [1.165, 1.54) is 6.07 Å². The Hall–Kier alpha value is -2.70. The Morgan fingerprint density at radius 3 is 2.67 bits per heavy atom. The van der Waals surface area contributed by atoms with Gasteiger partial charge in [0, 0.05) is 18.7 Å². The van der Waals surface area contributed by atoms with Crippen LogP contribution in [0.2, 0.25) is 0 Å². The molecule has 0 amide bonds. The number of para-hydroxylation sites is 1. The number of nitrogens with two attached hydrogens (primary N) is 1. The molecular weight excluding hydrogens is 319 g/mol. The molecule has 1 aliphatic heterocycles. The van der Waals surface area contributed by atoms with Gasteiger partial charge in [0.15, 0.2) is 5.96 Å². The molecule has 126 valence electrons. The van der Waals surface area contributed by atoms with Gasteiger partial charge in [-0.2, -0.15) is 13.2 Å². The highest BCUT2D eigenvalue weighted by atomic mass is 19.4. The molecule has 0 radical (unpaired) electrons. The summed E-state index contributed by atoms with van der Waals surface area (Å²) < 4.78 is 43.7. The van der Waals surface area contributed by atoms with Crippen LogP contribution < -0.4 is 10.5 Å². The van der Waals surface area contributed by atoms with Crippen LogP contribution in [0, 0.1) is 0 Å². The number of hydrogen-bond acceptors (Lipinski definition) is 4. The Morgan fingerprint density at radius 1 is 1.21 bits per heavy atom. The Kier molecular flexibility index (Phi) is 4.09. The Labute approximate surface area is 137 Å². The molecular formula is C17H16F3N3O. The Balaban J connectivity index is 1.87. The summed E-state index contributed by atoms with van der Waals surface area (Å²) in [6.45, 7) is 0.848. The van der Waals surface area contributed by atoms with Gasteiger partial charge in [-0.1, -0.05) is 24.3 Å². The van der Waals surface area contributed by atoms with Crippen molar-refractivity contribution in [3.05, 3.63) is 59.2 Å². The summed E-state index contributed by atoms with van der Waals surface area (Å²) in [5.74, 6) is 0.913. The SMILES string of the molecule is COc1ccccc1CN1Cc2ccc(C(F)(F)F)cc2N=C1N. The molecule has 1 heterocycles. The maximum absolute atomic E-state index is 12.8. The maximum Gasteiger partial charge on any atom is 0.416 e.